The van der Waals surface area contributed by atoms with E-state index in [1.165, 1.54) is 15.8 Å². The summed E-state index contributed by atoms with van der Waals surface area (Å²) in [5.41, 5.74) is 4.15. The van der Waals surface area contributed by atoms with E-state index >= 15 is 0 Å². The van der Waals surface area contributed by atoms with Crippen LogP contribution in [0.4, 0.5) is 5.13 Å². The minimum atomic E-state index is 0.000127. The fourth-order valence-corrected chi connectivity index (χ4v) is 5.01. The van der Waals surface area contributed by atoms with E-state index in [2.05, 4.69) is 36.0 Å². The molecule has 0 bridgehead atoms. The van der Waals surface area contributed by atoms with Crippen LogP contribution in [-0.2, 0) is 7.05 Å². The van der Waals surface area contributed by atoms with Crippen molar-refractivity contribution in [1.29, 1.82) is 0 Å². The molecule has 1 aliphatic heterocycles. The van der Waals surface area contributed by atoms with E-state index in [-0.39, 0.29) is 11.9 Å². The SMILES string of the molecule is Cc1cc(C)c2nc(N3CCC(N(C)C(=O)c4ccn(C)n4)CC3)sc2c1. The number of fused-ring (bicyclic) bond motifs is 1. The highest BCUT2D eigenvalue weighted by Crippen LogP contribution is 2.33. The Labute approximate surface area is 163 Å². The Kier molecular flexibility index (Phi) is 4.63. The van der Waals surface area contributed by atoms with E-state index in [0.717, 1.165) is 36.6 Å². The number of benzene rings is 1. The van der Waals surface area contributed by atoms with Gasteiger partial charge in [0.2, 0.25) is 0 Å². The van der Waals surface area contributed by atoms with Crippen LogP contribution in [0.15, 0.2) is 24.4 Å². The number of carbonyl (C=O) groups excluding carboxylic acids is 1. The van der Waals surface area contributed by atoms with Crippen molar-refractivity contribution in [2.45, 2.75) is 32.7 Å². The van der Waals surface area contributed by atoms with Crippen molar-refractivity contribution in [2.24, 2.45) is 7.05 Å². The predicted molar refractivity (Wildman–Crippen MR) is 110 cm³/mol. The van der Waals surface area contributed by atoms with Crippen LogP contribution in [0.3, 0.4) is 0 Å². The Hall–Kier alpha value is -2.41. The molecule has 3 heterocycles. The second-order valence-electron chi connectivity index (χ2n) is 7.43. The molecule has 7 heteroatoms. The largest absolute Gasteiger partial charge is 0.348 e. The van der Waals surface area contributed by atoms with Crippen molar-refractivity contribution in [3.63, 3.8) is 0 Å². The summed E-state index contributed by atoms with van der Waals surface area (Å²) in [6.07, 6.45) is 3.70. The van der Waals surface area contributed by atoms with E-state index in [9.17, 15) is 4.79 Å². The zero-order valence-electron chi connectivity index (χ0n) is 16.3. The molecule has 2 aromatic heterocycles. The first-order valence-electron chi connectivity index (χ1n) is 9.32. The number of hydrogen-bond donors (Lipinski definition) is 0. The summed E-state index contributed by atoms with van der Waals surface area (Å²) in [6.45, 7) is 6.10. The fourth-order valence-electron chi connectivity index (χ4n) is 3.81. The Bertz CT molecular complexity index is 984. The predicted octanol–water partition coefficient (Wildman–Crippen LogP) is 3.39. The average molecular weight is 384 g/mol. The lowest BCUT2D eigenvalue weighted by Crippen LogP contribution is -2.45. The number of aromatic nitrogens is 3. The van der Waals surface area contributed by atoms with Gasteiger partial charge in [0, 0.05) is 39.4 Å². The van der Waals surface area contributed by atoms with E-state index < -0.39 is 0 Å². The molecule has 142 valence electrons. The topological polar surface area (TPSA) is 54.3 Å². The molecule has 3 aromatic rings. The van der Waals surface area contributed by atoms with Crippen LogP contribution in [-0.4, -0.2) is 51.8 Å². The molecule has 1 amide bonds. The van der Waals surface area contributed by atoms with Crippen LogP contribution in [0.25, 0.3) is 10.2 Å². The molecule has 1 saturated heterocycles. The molecule has 0 spiro atoms. The number of nitrogens with zero attached hydrogens (tertiary/aromatic N) is 5. The first-order chi connectivity index (χ1) is 12.9. The molecule has 0 atom stereocenters. The second kappa shape index (κ2) is 6.96. The molecule has 27 heavy (non-hydrogen) atoms. The van der Waals surface area contributed by atoms with Gasteiger partial charge in [-0.3, -0.25) is 9.48 Å². The lowest BCUT2D eigenvalue weighted by Gasteiger charge is -2.36. The molecule has 1 aliphatic rings. The number of carbonyl (C=O) groups is 1. The standard InChI is InChI=1S/C20H25N5OS/c1-13-11-14(2)18-17(12-13)27-20(21-18)25-9-5-15(6-10-25)24(4)19(26)16-7-8-23(3)22-16/h7-8,11-12,15H,5-6,9-10H2,1-4H3. The van der Waals surface area contributed by atoms with Crippen LogP contribution >= 0.6 is 11.3 Å². The van der Waals surface area contributed by atoms with Gasteiger partial charge in [0.1, 0.15) is 5.69 Å². The molecule has 0 aliphatic carbocycles. The molecular formula is C20H25N5OS. The van der Waals surface area contributed by atoms with Gasteiger partial charge in [-0.05, 0) is 49.9 Å². The van der Waals surface area contributed by atoms with Crippen LogP contribution in [0.5, 0.6) is 0 Å². The minimum Gasteiger partial charge on any atom is -0.348 e. The first kappa shape index (κ1) is 18.0. The number of piperidine rings is 1. The van der Waals surface area contributed by atoms with Crippen molar-refractivity contribution < 1.29 is 4.79 Å². The van der Waals surface area contributed by atoms with Crippen molar-refractivity contribution in [3.8, 4) is 0 Å². The van der Waals surface area contributed by atoms with Gasteiger partial charge in [-0.2, -0.15) is 5.10 Å². The number of hydrogen-bond acceptors (Lipinski definition) is 5. The minimum absolute atomic E-state index is 0.000127. The number of thiazole rings is 1. The first-order valence-corrected chi connectivity index (χ1v) is 10.1. The highest BCUT2D eigenvalue weighted by Gasteiger charge is 2.28. The van der Waals surface area contributed by atoms with Gasteiger partial charge in [0.25, 0.3) is 5.91 Å². The zero-order valence-corrected chi connectivity index (χ0v) is 17.1. The van der Waals surface area contributed by atoms with Gasteiger partial charge in [0.15, 0.2) is 5.13 Å². The summed E-state index contributed by atoms with van der Waals surface area (Å²) in [5.74, 6) is 0.000127. The van der Waals surface area contributed by atoms with Gasteiger partial charge < -0.3 is 9.80 Å². The number of anilines is 1. The van der Waals surface area contributed by atoms with Crippen LogP contribution in [0.2, 0.25) is 0 Å². The molecule has 0 radical (unpaired) electrons. The molecule has 0 saturated carbocycles. The summed E-state index contributed by atoms with van der Waals surface area (Å²) < 4.78 is 2.92. The van der Waals surface area contributed by atoms with Crippen molar-refractivity contribution in [1.82, 2.24) is 19.7 Å². The van der Waals surface area contributed by atoms with Crippen LogP contribution in [0.1, 0.15) is 34.5 Å². The van der Waals surface area contributed by atoms with Crippen LogP contribution < -0.4 is 4.90 Å². The number of aryl methyl sites for hydroxylation is 3. The summed E-state index contributed by atoms with van der Waals surface area (Å²) >= 11 is 1.77. The summed E-state index contributed by atoms with van der Waals surface area (Å²) in [6, 6.07) is 6.43. The van der Waals surface area contributed by atoms with Gasteiger partial charge in [-0.15, -0.1) is 0 Å². The average Bonchev–Trinajstić information content (AvgIpc) is 3.27. The molecule has 6 nitrogen and oxygen atoms in total. The molecule has 1 fully saturated rings. The smallest absolute Gasteiger partial charge is 0.274 e. The summed E-state index contributed by atoms with van der Waals surface area (Å²) in [7, 11) is 3.72. The van der Waals surface area contributed by atoms with E-state index in [1.54, 1.807) is 28.3 Å². The Morgan fingerprint density at radius 1 is 1.26 bits per heavy atom. The van der Waals surface area contributed by atoms with Crippen molar-refractivity contribution >= 4 is 32.6 Å². The Balaban J connectivity index is 1.44. The summed E-state index contributed by atoms with van der Waals surface area (Å²) in [4.78, 5) is 21.7. The highest BCUT2D eigenvalue weighted by molar-refractivity contribution is 7.22. The number of rotatable bonds is 3. The molecular weight excluding hydrogens is 358 g/mol. The van der Waals surface area contributed by atoms with E-state index in [0.29, 0.717) is 5.69 Å². The maximum atomic E-state index is 12.6. The van der Waals surface area contributed by atoms with Gasteiger partial charge in [0.05, 0.1) is 10.2 Å². The molecule has 0 N–H and O–H groups in total. The third kappa shape index (κ3) is 3.43. The van der Waals surface area contributed by atoms with E-state index in [1.807, 2.05) is 19.0 Å². The number of amides is 1. The highest BCUT2D eigenvalue weighted by atomic mass is 32.1. The third-order valence-electron chi connectivity index (χ3n) is 5.35. The van der Waals surface area contributed by atoms with Crippen molar-refractivity contribution in [2.75, 3.05) is 25.0 Å². The van der Waals surface area contributed by atoms with E-state index in [4.69, 9.17) is 4.98 Å². The quantitative estimate of drug-likeness (QED) is 0.696. The molecule has 0 unspecified atom stereocenters. The second-order valence-corrected chi connectivity index (χ2v) is 8.44. The zero-order chi connectivity index (χ0) is 19.1. The Morgan fingerprint density at radius 2 is 2.00 bits per heavy atom. The van der Waals surface area contributed by atoms with Gasteiger partial charge in [-0.1, -0.05) is 17.4 Å². The van der Waals surface area contributed by atoms with Crippen LogP contribution in [0, 0.1) is 13.8 Å². The van der Waals surface area contributed by atoms with Gasteiger partial charge in [-0.25, -0.2) is 4.98 Å². The normalized spacial score (nSPS) is 15.5. The summed E-state index contributed by atoms with van der Waals surface area (Å²) in [5, 5.41) is 5.33. The lowest BCUT2D eigenvalue weighted by atomic mass is 10.0. The molecule has 1 aromatic carbocycles. The maximum Gasteiger partial charge on any atom is 0.274 e. The van der Waals surface area contributed by atoms with Gasteiger partial charge >= 0.3 is 0 Å². The fraction of sp³-hybridized carbons (Fsp3) is 0.450. The Morgan fingerprint density at radius 3 is 2.67 bits per heavy atom. The van der Waals surface area contributed by atoms with Crippen molar-refractivity contribution in [3.05, 3.63) is 41.2 Å². The molecule has 4 rings (SSSR count). The lowest BCUT2D eigenvalue weighted by molar-refractivity contribution is 0.0702. The monoisotopic (exact) mass is 383 g/mol. The third-order valence-corrected chi connectivity index (χ3v) is 6.42. The maximum absolute atomic E-state index is 12.6.